The highest BCUT2D eigenvalue weighted by atomic mass is 35.5. The largest absolute Gasteiger partial charge is 0.367 e. The Balaban J connectivity index is 0.00000120. The Kier molecular flexibility index (Phi) is 3.97. The fourth-order valence-corrected chi connectivity index (χ4v) is 2.34. The molecule has 2 heterocycles. The van der Waals surface area contributed by atoms with Crippen LogP contribution >= 0.6 is 12.4 Å². The number of hydrogen-bond donors (Lipinski definition) is 1. The third-order valence-electron chi connectivity index (χ3n) is 3.19. The number of hydrogen-bond acceptors (Lipinski definition) is 3. The van der Waals surface area contributed by atoms with Gasteiger partial charge in [0.15, 0.2) is 0 Å². The lowest BCUT2D eigenvalue weighted by atomic mass is 9.96. The van der Waals surface area contributed by atoms with E-state index in [0.29, 0.717) is 13.2 Å². The second kappa shape index (κ2) is 5.48. The van der Waals surface area contributed by atoms with Crippen molar-refractivity contribution in [3.8, 4) is 11.1 Å². The maximum atomic E-state index is 5.70. The van der Waals surface area contributed by atoms with Gasteiger partial charge in [-0.15, -0.1) is 12.4 Å². The molecule has 0 bridgehead atoms. The molecule has 1 aliphatic heterocycles. The lowest BCUT2D eigenvalue weighted by Crippen LogP contribution is -2.10. The monoisotopic (exact) mass is 262 g/mol. The molecule has 1 aliphatic rings. The number of aromatic nitrogens is 1. The first-order chi connectivity index (χ1) is 8.40. The van der Waals surface area contributed by atoms with Gasteiger partial charge in [-0.3, -0.25) is 4.98 Å². The summed E-state index contributed by atoms with van der Waals surface area (Å²) in [5.41, 5.74) is 10.6. The first-order valence-electron chi connectivity index (χ1n) is 5.74. The summed E-state index contributed by atoms with van der Waals surface area (Å²) < 4.78 is 5.69. The maximum Gasteiger partial charge on any atom is 0.0955 e. The van der Waals surface area contributed by atoms with E-state index in [1.165, 1.54) is 22.3 Å². The van der Waals surface area contributed by atoms with E-state index in [1.54, 1.807) is 0 Å². The van der Waals surface area contributed by atoms with Crippen LogP contribution in [0.15, 0.2) is 42.7 Å². The standard InChI is InChI=1S/C14H14N2O.ClH/c15-8-14-12-3-1-2-11(13(12)9-17-14)10-4-6-16-7-5-10;/h1-7,14H,8-9,15H2;1H/t14-;/m1./s1. The molecule has 2 aromatic rings. The van der Waals surface area contributed by atoms with E-state index in [0.717, 1.165) is 0 Å². The highest BCUT2D eigenvalue weighted by molar-refractivity contribution is 5.85. The highest BCUT2D eigenvalue weighted by Gasteiger charge is 2.24. The topological polar surface area (TPSA) is 48.1 Å². The van der Waals surface area contributed by atoms with Crippen LogP contribution in [0, 0.1) is 0 Å². The molecule has 0 fully saturated rings. The molecule has 1 aromatic heterocycles. The van der Waals surface area contributed by atoms with Crippen molar-refractivity contribution in [2.45, 2.75) is 12.7 Å². The van der Waals surface area contributed by atoms with Crippen molar-refractivity contribution >= 4 is 12.4 Å². The lowest BCUT2D eigenvalue weighted by molar-refractivity contribution is 0.0725. The minimum Gasteiger partial charge on any atom is -0.367 e. The molecule has 94 valence electrons. The van der Waals surface area contributed by atoms with Gasteiger partial charge in [0, 0.05) is 18.9 Å². The summed E-state index contributed by atoms with van der Waals surface area (Å²) in [5, 5.41) is 0. The molecule has 4 heteroatoms. The van der Waals surface area contributed by atoms with Gasteiger partial charge in [-0.2, -0.15) is 0 Å². The molecule has 0 radical (unpaired) electrons. The molecule has 0 saturated carbocycles. The van der Waals surface area contributed by atoms with Gasteiger partial charge in [0.1, 0.15) is 0 Å². The van der Waals surface area contributed by atoms with E-state index in [2.05, 4.69) is 23.2 Å². The predicted molar refractivity (Wildman–Crippen MR) is 73.5 cm³/mol. The van der Waals surface area contributed by atoms with Crippen molar-refractivity contribution in [1.82, 2.24) is 4.98 Å². The molecule has 0 spiro atoms. The van der Waals surface area contributed by atoms with Crippen molar-refractivity contribution in [1.29, 1.82) is 0 Å². The molecule has 18 heavy (non-hydrogen) atoms. The average molecular weight is 263 g/mol. The van der Waals surface area contributed by atoms with Crippen LogP contribution in [0.3, 0.4) is 0 Å². The Hall–Kier alpha value is -1.42. The lowest BCUT2D eigenvalue weighted by Gasteiger charge is -2.09. The summed E-state index contributed by atoms with van der Waals surface area (Å²) in [6.07, 6.45) is 3.67. The molecule has 1 aromatic carbocycles. The summed E-state index contributed by atoms with van der Waals surface area (Å²) in [6.45, 7) is 1.18. The van der Waals surface area contributed by atoms with Gasteiger partial charge in [-0.05, 0) is 34.4 Å². The van der Waals surface area contributed by atoms with Crippen LogP contribution in [-0.2, 0) is 11.3 Å². The highest BCUT2D eigenvalue weighted by Crippen LogP contribution is 2.36. The molecule has 0 amide bonds. The summed E-state index contributed by atoms with van der Waals surface area (Å²) in [4.78, 5) is 4.04. The Morgan fingerprint density at radius 2 is 2.00 bits per heavy atom. The number of pyridine rings is 1. The fourth-order valence-electron chi connectivity index (χ4n) is 2.34. The van der Waals surface area contributed by atoms with Crippen molar-refractivity contribution in [2.75, 3.05) is 6.54 Å². The Labute approximate surface area is 112 Å². The van der Waals surface area contributed by atoms with Crippen LogP contribution in [0.1, 0.15) is 17.2 Å². The zero-order valence-electron chi connectivity index (χ0n) is 9.87. The van der Waals surface area contributed by atoms with Crippen LogP contribution in [0.2, 0.25) is 0 Å². The summed E-state index contributed by atoms with van der Waals surface area (Å²) >= 11 is 0. The number of fused-ring (bicyclic) bond motifs is 1. The molecule has 1 atom stereocenters. The zero-order chi connectivity index (χ0) is 11.7. The van der Waals surface area contributed by atoms with E-state index < -0.39 is 0 Å². The number of benzene rings is 1. The number of rotatable bonds is 2. The summed E-state index contributed by atoms with van der Waals surface area (Å²) in [5.74, 6) is 0. The summed E-state index contributed by atoms with van der Waals surface area (Å²) in [6, 6.07) is 10.3. The van der Waals surface area contributed by atoms with E-state index >= 15 is 0 Å². The van der Waals surface area contributed by atoms with E-state index in [1.807, 2.05) is 24.5 Å². The first-order valence-corrected chi connectivity index (χ1v) is 5.74. The van der Waals surface area contributed by atoms with Crippen LogP contribution in [0.5, 0.6) is 0 Å². The average Bonchev–Trinajstić information content (AvgIpc) is 2.82. The van der Waals surface area contributed by atoms with Gasteiger partial charge in [0.05, 0.1) is 12.7 Å². The Bertz CT molecular complexity index is 531. The number of nitrogens with two attached hydrogens (primary N) is 1. The van der Waals surface area contributed by atoms with Crippen LogP contribution in [-0.4, -0.2) is 11.5 Å². The summed E-state index contributed by atoms with van der Waals surface area (Å²) in [7, 11) is 0. The zero-order valence-corrected chi connectivity index (χ0v) is 10.7. The molecule has 2 N–H and O–H groups in total. The van der Waals surface area contributed by atoms with Gasteiger partial charge in [0.2, 0.25) is 0 Å². The minimum absolute atomic E-state index is 0. The molecule has 3 nitrogen and oxygen atoms in total. The second-order valence-electron chi connectivity index (χ2n) is 4.14. The van der Waals surface area contributed by atoms with E-state index in [-0.39, 0.29) is 18.5 Å². The molecular weight excluding hydrogens is 248 g/mol. The van der Waals surface area contributed by atoms with Crippen molar-refractivity contribution < 1.29 is 4.74 Å². The third-order valence-corrected chi connectivity index (χ3v) is 3.19. The number of halogens is 1. The molecule has 0 unspecified atom stereocenters. The van der Waals surface area contributed by atoms with Gasteiger partial charge in [-0.1, -0.05) is 18.2 Å². The van der Waals surface area contributed by atoms with Crippen LogP contribution < -0.4 is 5.73 Å². The van der Waals surface area contributed by atoms with Gasteiger partial charge >= 0.3 is 0 Å². The quantitative estimate of drug-likeness (QED) is 0.905. The Morgan fingerprint density at radius 1 is 1.22 bits per heavy atom. The van der Waals surface area contributed by atoms with Crippen molar-refractivity contribution in [3.05, 3.63) is 53.9 Å². The van der Waals surface area contributed by atoms with Gasteiger partial charge in [0.25, 0.3) is 0 Å². The van der Waals surface area contributed by atoms with E-state index in [9.17, 15) is 0 Å². The fraction of sp³-hybridized carbons (Fsp3) is 0.214. The second-order valence-corrected chi connectivity index (χ2v) is 4.14. The molecule has 0 aliphatic carbocycles. The van der Waals surface area contributed by atoms with Crippen LogP contribution in [0.25, 0.3) is 11.1 Å². The van der Waals surface area contributed by atoms with Crippen molar-refractivity contribution in [3.63, 3.8) is 0 Å². The van der Waals surface area contributed by atoms with Crippen molar-refractivity contribution in [2.24, 2.45) is 5.73 Å². The third kappa shape index (κ3) is 2.12. The Morgan fingerprint density at radius 3 is 2.72 bits per heavy atom. The van der Waals surface area contributed by atoms with E-state index in [4.69, 9.17) is 10.5 Å². The predicted octanol–water partition coefficient (Wildman–Crippen LogP) is 2.70. The molecular formula is C14H15ClN2O. The maximum absolute atomic E-state index is 5.70. The first kappa shape index (κ1) is 13.0. The smallest absolute Gasteiger partial charge is 0.0955 e. The molecule has 0 saturated heterocycles. The van der Waals surface area contributed by atoms with Gasteiger partial charge < -0.3 is 10.5 Å². The van der Waals surface area contributed by atoms with Crippen LogP contribution in [0.4, 0.5) is 0 Å². The SMILES string of the molecule is Cl.NC[C@H]1OCc2c(-c3ccncc3)cccc21. The molecule has 3 rings (SSSR count). The number of nitrogens with zero attached hydrogens (tertiary/aromatic N) is 1. The number of ether oxygens (including phenoxy) is 1. The minimum atomic E-state index is 0. The normalized spacial score (nSPS) is 17.1. The van der Waals surface area contributed by atoms with Gasteiger partial charge in [-0.25, -0.2) is 0 Å².